The highest BCUT2D eigenvalue weighted by molar-refractivity contribution is 7.15. The van der Waals surface area contributed by atoms with Crippen LogP contribution in [0.1, 0.15) is 29.9 Å². The smallest absolute Gasteiger partial charge is 0.193 e. The molecular weight excluding hydrogens is 258 g/mol. The average Bonchev–Trinajstić information content (AvgIpc) is 3.02. The zero-order valence-corrected chi connectivity index (χ0v) is 11.9. The third kappa shape index (κ3) is 2.29. The van der Waals surface area contributed by atoms with Gasteiger partial charge in [0.1, 0.15) is 0 Å². The summed E-state index contributed by atoms with van der Waals surface area (Å²) < 4.78 is 3.87. The molecule has 0 saturated heterocycles. The second-order valence-corrected chi connectivity index (χ2v) is 5.57. The number of aryl methyl sites for hydroxylation is 2. The van der Waals surface area contributed by atoms with Gasteiger partial charge in [0.2, 0.25) is 0 Å². The van der Waals surface area contributed by atoms with Crippen molar-refractivity contribution in [3.8, 4) is 0 Å². The molecule has 1 atom stereocenters. The molecule has 0 radical (unpaired) electrons. The topological polar surface area (TPSA) is 61.1 Å². The summed E-state index contributed by atoms with van der Waals surface area (Å²) in [7, 11) is 1.93. The zero-order valence-electron chi connectivity index (χ0n) is 11.1. The van der Waals surface area contributed by atoms with Gasteiger partial charge >= 0.3 is 0 Å². The Morgan fingerprint density at radius 3 is 3.00 bits per heavy atom. The van der Waals surface area contributed by atoms with Gasteiger partial charge < -0.3 is 5.73 Å². The lowest BCUT2D eigenvalue weighted by molar-refractivity contribution is 0.701. The van der Waals surface area contributed by atoms with E-state index in [1.54, 1.807) is 11.3 Å². The molecule has 3 aromatic heterocycles. The molecule has 0 aliphatic rings. The van der Waals surface area contributed by atoms with Gasteiger partial charge in [-0.3, -0.25) is 9.08 Å². The van der Waals surface area contributed by atoms with E-state index in [9.17, 15) is 0 Å². The number of aromatic nitrogens is 4. The van der Waals surface area contributed by atoms with Crippen LogP contribution in [-0.2, 0) is 19.9 Å². The average molecular weight is 275 g/mol. The first-order valence-electron chi connectivity index (χ1n) is 6.36. The maximum Gasteiger partial charge on any atom is 0.193 e. The molecular formula is C13H17N5S. The van der Waals surface area contributed by atoms with E-state index in [1.165, 1.54) is 0 Å². The highest BCUT2D eigenvalue weighted by atomic mass is 32.1. The Kier molecular flexibility index (Phi) is 3.12. The number of nitrogens with two attached hydrogens (primary N) is 1. The number of nitrogens with zero attached hydrogens (tertiary/aromatic N) is 4. The summed E-state index contributed by atoms with van der Waals surface area (Å²) in [5, 5.41) is 6.47. The van der Waals surface area contributed by atoms with E-state index in [0.717, 1.165) is 34.8 Å². The van der Waals surface area contributed by atoms with Crippen LogP contribution in [0.2, 0.25) is 0 Å². The summed E-state index contributed by atoms with van der Waals surface area (Å²) in [5.74, 6) is 0. The Balaban J connectivity index is 1.83. The van der Waals surface area contributed by atoms with Gasteiger partial charge in [-0.15, -0.1) is 11.3 Å². The molecule has 0 saturated carbocycles. The lowest BCUT2D eigenvalue weighted by Gasteiger charge is -2.09. The molecule has 3 aromatic rings. The zero-order chi connectivity index (χ0) is 13.4. The van der Waals surface area contributed by atoms with Crippen molar-refractivity contribution >= 4 is 16.3 Å². The van der Waals surface area contributed by atoms with Crippen LogP contribution >= 0.6 is 11.3 Å². The van der Waals surface area contributed by atoms with Crippen LogP contribution in [0.25, 0.3) is 4.96 Å². The summed E-state index contributed by atoms with van der Waals surface area (Å²) in [5.41, 5.74) is 9.55. The van der Waals surface area contributed by atoms with Gasteiger partial charge in [-0.25, -0.2) is 4.98 Å². The third-order valence-corrected chi connectivity index (χ3v) is 4.01. The van der Waals surface area contributed by atoms with E-state index in [4.69, 9.17) is 5.73 Å². The SMILES string of the molecule is CCc1nn(C)cc1C(N)Cc1cn2ccsc2n1. The first kappa shape index (κ1) is 12.4. The van der Waals surface area contributed by atoms with Gasteiger partial charge in [0.05, 0.1) is 11.4 Å². The molecule has 3 rings (SSSR count). The molecule has 5 nitrogen and oxygen atoms in total. The largest absolute Gasteiger partial charge is 0.324 e. The van der Waals surface area contributed by atoms with Gasteiger partial charge in [0, 0.05) is 49.0 Å². The van der Waals surface area contributed by atoms with E-state index >= 15 is 0 Å². The van der Waals surface area contributed by atoms with Crippen LogP contribution in [0.15, 0.2) is 24.0 Å². The summed E-state index contributed by atoms with van der Waals surface area (Å²) in [6.07, 6.45) is 7.73. The lowest BCUT2D eigenvalue weighted by atomic mass is 10.0. The standard InChI is InChI=1S/C13H17N5S/c1-3-12-10(8-17(2)16-12)11(14)6-9-7-18-4-5-19-13(18)15-9/h4-5,7-8,11H,3,6,14H2,1-2H3. The van der Waals surface area contributed by atoms with Crippen molar-refractivity contribution in [1.82, 2.24) is 19.2 Å². The fraction of sp³-hybridized carbons (Fsp3) is 0.385. The fourth-order valence-corrected chi connectivity index (χ4v) is 3.07. The normalized spacial score (nSPS) is 13.2. The predicted molar refractivity (Wildman–Crippen MR) is 76.3 cm³/mol. The summed E-state index contributed by atoms with van der Waals surface area (Å²) in [6, 6.07) is -0.0479. The van der Waals surface area contributed by atoms with Crippen LogP contribution < -0.4 is 5.73 Å². The molecule has 3 heterocycles. The van der Waals surface area contributed by atoms with Crippen LogP contribution in [0, 0.1) is 0 Å². The van der Waals surface area contributed by atoms with E-state index in [0.29, 0.717) is 0 Å². The first-order chi connectivity index (χ1) is 9.17. The van der Waals surface area contributed by atoms with Gasteiger partial charge in [-0.05, 0) is 6.42 Å². The van der Waals surface area contributed by atoms with Crippen molar-refractivity contribution in [1.29, 1.82) is 0 Å². The van der Waals surface area contributed by atoms with Crippen molar-refractivity contribution in [2.75, 3.05) is 0 Å². The predicted octanol–water partition coefficient (Wildman–Crippen LogP) is 1.93. The minimum absolute atomic E-state index is 0.0479. The van der Waals surface area contributed by atoms with Crippen molar-refractivity contribution in [3.05, 3.63) is 40.9 Å². The Morgan fingerprint density at radius 1 is 1.42 bits per heavy atom. The second kappa shape index (κ2) is 4.79. The first-order valence-corrected chi connectivity index (χ1v) is 7.24. The molecule has 0 aromatic carbocycles. The van der Waals surface area contributed by atoms with Gasteiger partial charge in [0.15, 0.2) is 4.96 Å². The summed E-state index contributed by atoms with van der Waals surface area (Å²) in [4.78, 5) is 5.59. The maximum atomic E-state index is 6.31. The Hall–Kier alpha value is -1.66. The van der Waals surface area contributed by atoms with E-state index in [1.807, 2.05) is 40.1 Å². The molecule has 6 heteroatoms. The molecule has 100 valence electrons. The van der Waals surface area contributed by atoms with Crippen LogP contribution in [0.4, 0.5) is 0 Å². The molecule has 0 amide bonds. The van der Waals surface area contributed by atoms with E-state index < -0.39 is 0 Å². The van der Waals surface area contributed by atoms with Crippen molar-refractivity contribution in [3.63, 3.8) is 0 Å². The molecule has 0 aliphatic carbocycles. The highest BCUT2D eigenvalue weighted by Crippen LogP contribution is 2.20. The van der Waals surface area contributed by atoms with Crippen LogP contribution in [0.5, 0.6) is 0 Å². The molecule has 0 fully saturated rings. The third-order valence-electron chi connectivity index (χ3n) is 3.24. The monoisotopic (exact) mass is 275 g/mol. The lowest BCUT2D eigenvalue weighted by Crippen LogP contribution is -2.14. The number of imidazole rings is 1. The number of rotatable bonds is 4. The molecule has 0 bridgehead atoms. The Bertz CT molecular complexity index is 664. The number of thiazole rings is 1. The second-order valence-electron chi connectivity index (χ2n) is 4.69. The Labute approximate surface area is 115 Å². The number of hydrogen-bond acceptors (Lipinski definition) is 4. The van der Waals surface area contributed by atoms with Crippen molar-refractivity contribution in [2.24, 2.45) is 12.8 Å². The molecule has 0 spiro atoms. The maximum absolute atomic E-state index is 6.31. The summed E-state index contributed by atoms with van der Waals surface area (Å²) >= 11 is 1.64. The molecule has 1 unspecified atom stereocenters. The molecule has 19 heavy (non-hydrogen) atoms. The quantitative estimate of drug-likeness (QED) is 0.791. The fourth-order valence-electron chi connectivity index (χ4n) is 2.35. The van der Waals surface area contributed by atoms with Gasteiger partial charge in [-0.1, -0.05) is 6.92 Å². The van der Waals surface area contributed by atoms with Gasteiger partial charge in [-0.2, -0.15) is 5.10 Å². The number of hydrogen-bond donors (Lipinski definition) is 1. The summed E-state index contributed by atoms with van der Waals surface area (Å²) in [6.45, 7) is 2.10. The molecule has 0 aliphatic heterocycles. The van der Waals surface area contributed by atoms with Crippen LogP contribution in [-0.4, -0.2) is 19.2 Å². The van der Waals surface area contributed by atoms with Crippen molar-refractivity contribution < 1.29 is 0 Å². The van der Waals surface area contributed by atoms with Crippen LogP contribution in [0.3, 0.4) is 0 Å². The highest BCUT2D eigenvalue weighted by Gasteiger charge is 2.16. The number of fused-ring (bicyclic) bond motifs is 1. The van der Waals surface area contributed by atoms with Crippen molar-refractivity contribution in [2.45, 2.75) is 25.8 Å². The van der Waals surface area contributed by atoms with E-state index in [2.05, 4.69) is 17.0 Å². The molecule has 2 N–H and O–H groups in total. The minimum atomic E-state index is -0.0479. The van der Waals surface area contributed by atoms with E-state index in [-0.39, 0.29) is 6.04 Å². The Morgan fingerprint density at radius 2 is 2.26 bits per heavy atom. The van der Waals surface area contributed by atoms with Gasteiger partial charge in [0.25, 0.3) is 0 Å². The minimum Gasteiger partial charge on any atom is -0.324 e.